The van der Waals surface area contributed by atoms with Crippen molar-refractivity contribution in [2.75, 3.05) is 5.73 Å². The quantitative estimate of drug-likeness (QED) is 0.695. The van der Waals surface area contributed by atoms with Gasteiger partial charge in [-0.3, -0.25) is 4.98 Å². The van der Waals surface area contributed by atoms with E-state index in [-0.39, 0.29) is 0 Å². The molecule has 0 fully saturated rings. The Kier molecular flexibility index (Phi) is 2.08. The second-order valence-electron chi connectivity index (χ2n) is 3.47. The first-order chi connectivity index (χ1) is 7.84. The van der Waals surface area contributed by atoms with Gasteiger partial charge in [0.05, 0.1) is 5.52 Å². The van der Waals surface area contributed by atoms with Crippen molar-refractivity contribution >= 4 is 27.9 Å². The summed E-state index contributed by atoms with van der Waals surface area (Å²) >= 11 is 1.62. The molecule has 0 atom stereocenters. The third kappa shape index (κ3) is 1.44. The number of nitrogen functional groups attached to an aromatic ring is 1. The first kappa shape index (κ1) is 9.30. The predicted octanol–water partition coefficient (Wildman–Crippen LogP) is 2.94. The predicted molar refractivity (Wildman–Crippen MR) is 67.3 cm³/mol. The molecule has 1 aromatic carbocycles. The first-order valence-corrected chi connectivity index (χ1v) is 5.77. The van der Waals surface area contributed by atoms with Crippen molar-refractivity contribution in [1.82, 2.24) is 9.97 Å². The Morgan fingerprint density at radius 3 is 2.81 bits per heavy atom. The molecule has 3 nitrogen and oxygen atoms in total. The van der Waals surface area contributed by atoms with Gasteiger partial charge in [-0.1, -0.05) is 0 Å². The van der Waals surface area contributed by atoms with Gasteiger partial charge in [-0.05, 0) is 24.3 Å². The number of hydrogen-bond donors (Lipinski definition) is 1. The largest absolute Gasteiger partial charge is 0.398 e. The van der Waals surface area contributed by atoms with Crippen molar-refractivity contribution in [3.63, 3.8) is 0 Å². The zero-order valence-electron chi connectivity index (χ0n) is 8.42. The topological polar surface area (TPSA) is 51.8 Å². The molecular weight excluding hydrogens is 218 g/mol. The van der Waals surface area contributed by atoms with Crippen LogP contribution in [-0.2, 0) is 0 Å². The van der Waals surface area contributed by atoms with Crippen molar-refractivity contribution in [3.05, 3.63) is 42.0 Å². The molecule has 16 heavy (non-hydrogen) atoms. The number of rotatable bonds is 1. The molecule has 0 saturated heterocycles. The van der Waals surface area contributed by atoms with Crippen LogP contribution in [0, 0.1) is 0 Å². The maximum absolute atomic E-state index is 5.92. The number of anilines is 1. The fourth-order valence-corrected chi connectivity index (χ4v) is 2.30. The van der Waals surface area contributed by atoms with Gasteiger partial charge in [0, 0.05) is 34.4 Å². The van der Waals surface area contributed by atoms with Crippen LogP contribution in [0.4, 0.5) is 5.69 Å². The van der Waals surface area contributed by atoms with Crippen LogP contribution >= 0.6 is 11.3 Å². The third-order valence-corrected chi connectivity index (χ3v) is 3.28. The van der Waals surface area contributed by atoms with Crippen LogP contribution in [0.3, 0.4) is 0 Å². The SMILES string of the molecule is Nc1ccnc2ccc(-c3nccs3)cc12. The fourth-order valence-electron chi connectivity index (χ4n) is 1.67. The van der Waals surface area contributed by atoms with Gasteiger partial charge in [0.25, 0.3) is 0 Å². The first-order valence-electron chi connectivity index (χ1n) is 4.89. The average Bonchev–Trinajstić information content (AvgIpc) is 2.83. The lowest BCUT2D eigenvalue weighted by molar-refractivity contribution is 1.40. The minimum atomic E-state index is 0.753. The van der Waals surface area contributed by atoms with Gasteiger partial charge in [0.15, 0.2) is 0 Å². The van der Waals surface area contributed by atoms with Gasteiger partial charge >= 0.3 is 0 Å². The highest BCUT2D eigenvalue weighted by molar-refractivity contribution is 7.13. The second kappa shape index (κ2) is 3.57. The number of thiazole rings is 1. The van der Waals surface area contributed by atoms with Crippen LogP contribution in [0.2, 0.25) is 0 Å². The highest BCUT2D eigenvalue weighted by Crippen LogP contribution is 2.27. The molecule has 78 valence electrons. The summed E-state index contributed by atoms with van der Waals surface area (Å²) in [6.45, 7) is 0. The van der Waals surface area contributed by atoms with E-state index in [0.29, 0.717) is 0 Å². The van der Waals surface area contributed by atoms with E-state index < -0.39 is 0 Å². The van der Waals surface area contributed by atoms with Crippen LogP contribution in [0.25, 0.3) is 21.5 Å². The summed E-state index contributed by atoms with van der Waals surface area (Å²) in [7, 11) is 0. The Morgan fingerprint density at radius 2 is 2.00 bits per heavy atom. The maximum Gasteiger partial charge on any atom is 0.123 e. The number of hydrogen-bond acceptors (Lipinski definition) is 4. The van der Waals surface area contributed by atoms with Crippen molar-refractivity contribution in [1.29, 1.82) is 0 Å². The lowest BCUT2D eigenvalue weighted by Gasteiger charge is -2.02. The summed E-state index contributed by atoms with van der Waals surface area (Å²) in [4.78, 5) is 8.55. The van der Waals surface area contributed by atoms with Crippen LogP contribution in [0.1, 0.15) is 0 Å². The molecule has 0 aliphatic heterocycles. The minimum Gasteiger partial charge on any atom is -0.398 e. The van der Waals surface area contributed by atoms with E-state index in [1.54, 1.807) is 23.7 Å². The molecule has 3 rings (SSSR count). The molecule has 0 unspecified atom stereocenters. The Hall–Kier alpha value is -1.94. The summed E-state index contributed by atoms with van der Waals surface area (Å²) in [5.41, 5.74) is 8.68. The Balaban J connectivity index is 2.27. The third-order valence-electron chi connectivity index (χ3n) is 2.45. The van der Waals surface area contributed by atoms with Gasteiger partial charge in [-0.25, -0.2) is 4.98 Å². The molecule has 0 spiro atoms. The monoisotopic (exact) mass is 227 g/mol. The Morgan fingerprint density at radius 1 is 1.06 bits per heavy atom. The second-order valence-corrected chi connectivity index (χ2v) is 4.36. The van der Waals surface area contributed by atoms with Gasteiger partial charge in [-0.2, -0.15) is 0 Å². The standard InChI is InChI=1S/C12H9N3S/c13-10-3-4-14-11-2-1-8(7-9(10)11)12-15-5-6-16-12/h1-7H,(H2,13,14). The molecule has 0 radical (unpaired) electrons. The van der Waals surface area contributed by atoms with E-state index in [1.165, 1.54) is 0 Å². The fraction of sp³-hybridized carbons (Fsp3) is 0. The highest BCUT2D eigenvalue weighted by Gasteiger charge is 2.04. The van der Waals surface area contributed by atoms with E-state index in [2.05, 4.69) is 9.97 Å². The normalized spacial score (nSPS) is 10.8. The number of nitrogens with zero attached hydrogens (tertiary/aromatic N) is 2. The number of pyridine rings is 1. The van der Waals surface area contributed by atoms with Crippen molar-refractivity contribution in [3.8, 4) is 10.6 Å². The summed E-state index contributed by atoms with van der Waals surface area (Å²) < 4.78 is 0. The molecule has 0 saturated carbocycles. The summed E-state index contributed by atoms with van der Waals surface area (Å²) in [6, 6.07) is 7.85. The molecular formula is C12H9N3S. The lowest BCUT2D eigenvalue weighted by atomic mass is 10.1. The zero-order valence-corrected chi connectivity index (χ0v) is 9.24. The molecule has 0 aliphatic rings. The van der Waals surface area contributed by atoms with Gasteiger partial charge in [0.2, 0.25) is 0 Å². The lowest BCUT2D eigenvalue weighted by Crippen LogP contribution is -1.89. The van der Waals surface area contributed by atoms with Crippen molar-refractivity contribution in [2.45, 2.75) is 0 Å². The van der Waals surface area contributed by atoms with E-state index in [0.717, 1.165) is 27.2 Å². The average molecular weight is 227 g/mol. The number of nitrogens with two attached hydrogens (primary N) is 1. The van der Waals surface area contributed by atoms with Crippen LogP contribution in [-0.4, -0.2) is 9.97 Å². The molecule has 2 aromatic heterocycles. The van der Waals surface area contributed by atoms with E-state index in [1.807, 2.05) is 29.6 Å². The smallest absolute Gasteiger partial charge is 0.123 e. The van der Waals surface area contributed by atoms with Gasteiger partial charge < -0.3 is 5.73 Å². The molecule has 0 bridgehead atoms. The number of aromatic nitrogens is 2. The van der Waals surface area contributed by atoms with Crippen LogP contribution in [0.15, 0.2) is 42.0 Å². The summed E-state index contributed by atoms with van der Waals surface area (Å²) in [5, 5.41) is 3.95. The van der Waals surface area contributed by atoms with E-state index in [4.69, 9.17) is 5.73 Å². The van der Waals surface area contributed by atoms with E-state index in [9.17, 15) is 0 Å². The minimum absolute atomic E-state index is 0.753. The van der Waals surface area contributed by atoms with Crippen molar-refractivity contribution in [2.24, 2.45) is 0 Å². The zero-order chi connectivity index (χ0) is 11.0. The van der Waals surface area contributed by atoms with Crippen LogP contribution in [0.5, 0.6) is 0 Å². The summed E-state index contributed by atoms with van der Waals surface area (Å²) in [6.07, 6.45) is 3.53. The molecule has 0 aliphatic carbocycles. The van der Waals surface area contributed by atoms with Crippen LogP contribution < -0.4 is 5.73 Å². The number of benzene rings is 1. The summed E-state index contributed by atoms with van der Waals surface area (Å²) in [5.74, 6) is 0. The Bertz CT molecular complexity index is 632. The Labute approximate surface area is 96.6 Å². The maximum atomic E-state index is 5.92. The number of fused-ring (bicyclic) bond motifs is 1. The van der Waals surface area contributed by atoms with Crippen molar-refractivity contribution < 1.29 is 0 Å². The molecule has 2 heterocycles. The molecule has 3 aromatic rings. The van der Waals surface area contributed by atoms with E-state index >= 15 is 0 Å². The van der Waals surface area contributed by atoms with Gasteiger partial charge in [0.1, 0.15) is 5.01 Å². The molecule has 0 amide bonds. The highest BCUT2D eigenvalue weighted by atomic mass is 32.1. The molecule has 2 N–H and O–H groups in total. The van der Waals surface area contributed by atoms with Gasteiger partial charge in [-0.15, -0.1) is 11.3 Å². The molecule has 4 heteroatoms.